The summed E-state index contributed by atoms with van der Waals surface area (Å²) < 4.78 is 15.7. The molecule has 0 bridgehead atoms. The number of hydrogen-bond donors (Lipinski definition) is 0. The summed E-state index contributed by atoms with van der Waals surface area (Å²) in [6.07, 6.45) is 0. The molecule has 0 saturated heterocycles. The first kappa shape index (κ1) is 17.4. The number of aryl methyl sites for hydroxylation is 2. The van der Waals surface area contributed by atoms with Gasteiger partial charge in [0.2, 0.25) is 11.1 Å². The van der Waals surface area contributed by atoms with E-state index in [1.165, 1.54) is 13.2 Å². The maximum absolute atomic E-state index is 12.8. The zero-order valence-electron chi connectivity index (χ0n) is 14.0. The van der Waals surface area contributed by atoms with Crippen molar-refractivity contribution in [2.75, 3.05) is 20.3 Å². The van der Waals surface area contributed by atoms with Gasteiger partial charge in [-0.2, -0.15) is 0 Å². The number of aromatic nitrogens is 1. The van der Waals surface area contributed by atoms with Crippen molar-refractivity contribution in [1.82, 2.24) is 4.98 Å². The van der Waals surface area contributed by atoms with E-state index in [2.05, 4.69) is 4.98 Å². The summed E-state index contributed by atoms with van der Waals surface area (Å²) in [6, 6.07) is 4.71. The van der Waals surface area contributed by atoms with Crippen LogP contribution in [0.2, 0.25) is 5.02 Å². The van der Waals surface area contributed by atoms with Crippen molar-refractivity contribution in [3.63, 3.8) is 0 Å². The number of ether oxygens (including phenoxy) is 2. The fraction of sp³-hybridized carbons (Fsp3) is 0.278. The number of carbonyl (C=O) groups excluding carboxylic acids is 1. The maximum atomic E-state index is 12.8. The lowest BCUT2D eigenvalue weighted by atomic mass is 10.1. The number of fused-ring (bicyclic) bond motifs is 2. The Labute approximate surface area is 148 Å². The molecule has 25 heavy (non-hydrogen) atoms. The lowest BCUT2D eigenvalue weighted by Crippen LogP contribution is -2.13. The van der Waals surface area contributed by atoms with Crippen LogP contribution in [0.5, 0.6) is 0 Å². The van der Waals surface area contributed by atoms with Gasteiger partial charge in [0.05, 0.1) is 28.6 Å². The Bertz CT molecular complexity index is 1040. The first-order chi connectivity index (χ1) is 11.9. The number of carbonyl (C=O) groups is 1. The Kier molecular flexibility index (Phi) is 4.74. The highest BCUT2D eigenvalue weighted by molar-refractivity contribution is 6.32. The fourth-order valence-electron chi connectivity index (χ4n) is 2.49. The molecule has 7 heteroatoms. The molecule has 0 aliphatic rings. The van der Waals surface area contributed by atoms with Gasteiger partial charge in [0.15, 0.2) is 0 Å². The normalized spacial score (nSPS) is 11.2. The molecule has 130 valence electrons. The molecule has 0 atom stereocenters. The van der Waals surface area contributed by atoms with E-state index >= 15 is 0 Å². The molecule has 0 saturated carbocycles. The summed E-state index contributed by atoms with van der Waals surface area (Å²) in [6.45, 7) is 3.89. The van der Waals surface area contributed by atoms with E-state index in [-0.39, 0.29) is 35.3 Å². The lowest BCUT2D eigenvalue weighted by molar-refractivity contribution is 0.0387. The van der Waals surface area contributed by atoms with Crippen molar-refractivity contribution in [3.05, 3.63) is 50.3 Å². The molecule has 2 heterocycles. The summed E-state index contributed by atoms with van der Waals surface area (Å²) in [5.74, 6) is -0.564. The Morgan fingerprint density at radius 2 is 1.96 bits per heavy atom. The number of methoxy groups -OCH3 is 1. The van der Waals surface area contributed by atoms with E-state index in [0.29, 0.717) is 21.7 Å². The maximum Gasteiger partial charge on any atom is 0.340 e. The van der Waals surface area contributed by atoms with Gasteiger partial charge in [0, 0.05) is 12.1 Å². The van der Waals surface area contributed by atoms with Gasteiger partial charge in [-0.05, 0) is 37.6 Å². The number of halogens is 1. The third-order valence-electron chi connectivity index (χ3n) is 3.88. The van der Waals surface area contributed by atoms with E-state index in [4.69, 9.17) is 25.5 Å². The minimum Gasteiger partial charge on any atom is -0.460 e. The second-order valence-corrected chi connectivity index (χ2v) is 6.04. The van der Waals surface area contributed by atoms with E-state index < -0.39 is 5.97 Å². The summed E-state index contributed by atoms with van der Waals surface area (Å²) in [5.41, 5.74) is 1.71. The number of pyridine rings is 1. The molecule has 1 aromatic carbocycles. The van der Waals surface area contributed by atoms with Gasteiger partial charge in [-0.15, -0.1) is 0 Å². The Morgan fingerprint density at radius 3 is 2.68 bits per heavy atom. The van der Waals surface area contributed by atoms with Crippen LogP contribution in [0, 0.1) is 13.8 Å². The Hall–Kier alpha value is -2.44. The SMILES string of the molecule is COCCOC(=O)c1cc2c(=O)c3cc(Cl)c(C)cc3oc2nc1C. The fourth-order valence-corrected chi connectivity index (χ4v) is 2.66. The molecule has 0 radical (unpaired) electrons. The van der Waals surface area contributed by atoms with Crippen LogP contribution in [0.1, 0.15) is 21.6 Å². The smallest absolute Gasteiger partial charge is 0.340 e. The number of nitrogens with zero attached hydrogens (tertiary/aromatic N) is 1. The summed E-state index contributed by atoms with van der Waals surface area (Å²) in [7, 11) is 1.51. The highest BCUT2D eigenvalue weighted by Crippen LogP contribution is 2.25. The second-order valence-electron chi connectivity index (χ2n) is 5.63. The molecule has 2 aromatic heterocycles. The molecule has 0 N–H and O–H groups in total. The van der Waals surface area contributed by atoms with Crippen molar-refractivity contribution >= 4 is 39.6 Å². The number of esters is 1. The van der Waals surface area contributed by atoms with E-state index in [1.807, 2.05) is 6.92 Å². The highest BCUT2D eigenvalue weighted by Gasteiger charge is 2.17. The van der Waals surface area contributed by atoms with Crippen LogP contribution in [0.4, 0.5) is 0 Å². The van der Waals surface area contributed by atoms with Crippen LogP contribution in [0.25, 0.3) is 22.1 Å². The van der Waals surface area contributed by atoms with E-state index in [0.717, 1.165) is 5.56 Å². The third kappa shape index (κ3) is 3.23. The molecule has 0 aliphatic carbocycles. The first-order valence-corrected chi connectivity index (χ1v) is 8.00. The Balaban J connectivity index is 2.17. The van der Waals surface area contributed by atoms with Gasteiger partial charge in [0.1, 0.15) is 12.2 Å². The van der Waals surface area contributed by atoms with Crippen LogP contribution < -0.4 is 5.43 Å². The molecule has 0 unspecified atom stereocenters. The van der Waals surface area contributed by atoms with Crippen LogP contribution in [-0.2, 0) is 9.47 Å². The van der Waals surface area contributed by atoms with Gasteiger partial charge in [-0.3, -0.25) is 4.79 Å². The van der Waals surface area contributed by atoms with Crippen molar-refractivity contribution in [2.24, 2.45) is 0 Å². The molecule has 0 spiro atoms. The van der Waals surface area contributed by atoms with Gasteiger partial charge < -0.3 is 13.9 Å². The standard InChI is InChI=1S/C18H16ClNO5/c1-9-6-15-12(8-14(9)19)16(21)13-7-11(10(2)20-17(13)25-15)18(22)24-5-4-23-3/h6-8H,4-5H2,1-3H3. The molecule has 0 amide bonds. The summed E-state index contributed by atoms with van der Waals surface area (Å²) in [4.78, 5) is 29.2. The van der Waals surface area contributed by atoms with Crippen molar-refractivity contribution in [3.8, 4) is 0 Å². The largest absolute Gasteiger partial charge is 0.460 e. The van der Waals surface area contributed by atoms with Crippen LogP contribution in [0.15, 0.2) is 27.4 Å². The first-order valence-electron chi connectivity index (χ1n) is 7.62. The predicted octanol–water partition coefficient (Wildman–Crippen LogP) is 3.41. The van der Waals surface area contributed by atoms with Crippen molar-refractivity contribution < 1.29 is 18.7 Å². The van der Waals surface area contributed by atoms with Gasteiger partial charge in [-0.25, -0.2) is 9.78 Å². The molecule has 0 fully saturated rings. The molecule has 3 aromatic rings. The zero-order chi connectivity index (χ0) is 18.1. The van der Waals surface area contributed by atoms with E-state index in [1.54, 1.807) is 19.1 Å². The average molecular weight is 362 g/mol. The zero-order valence-corrected chi connectivity index (χ0v) is 14.8. The van der Waals surface area contributed by atoms with Gasteiger partial charge in [0.25, 0.3) is 0 Å². The minimum absolute atomic E-state index is 0.119. The highest BCUT2D eigenvalue weighted by atomic mass is 35.5. The topological polar surface area (TPSA) is 78.6 Å². The van der Waals surface area contributed by atoms with Crippen LogP contribution in [0.3, 0.4) is 0 Å². The second kappa shape index (κ2) is 6.82. The quantitative estimate of drug-likeness (QED) is 0.402. The molecule has 6 nitrogen and oxygen atoms in total. The monoisotopic (exact) mass is 361 g/mol. The Morgan fingerprint density at radius 1 is 1.20 bits per heavy atom. The van der Waals surface area contributed by atoms with Crippen LogP contribution >= 0.6 is 11.6 Å². The van der Waals surface area contributed by atoms with Crippen LogP contribution in [-0.4, -0.2) is 31.3 Å². The number of hydrogen-bond acceptors (Lipinski definition) is 6. The average Bonchev–Trinajstić information content (AvgIpc) is 2.57. The van der Waals surface area contributed by atoms with Crippen molar-refractivity contribution in [1.29, 1.82) is 0 Å². The molecule has 0 aliphatic heterocycles. The van der Waals surface area contributed by atoms with Gasteiger partial charge in [-0.1, -0.05) is 11.6 Å². The molecular formula is C18H16ClNO5. The number of rotatable bonds is 4. The summed E-state index contributed by atoms with van der Waals surface area (Å²) in [5, 5.41) is 1.02. The van der Waals surface area contributed by atoms with Gasteiger partial charge >= 0.3 is 5.97 Å². The lowest BCUT2D eigenvalue weighted by Gasteiger charge is -2.08. The predicted molar refractivity (Wildman–Crippen MR) is 94.4 cm³/mol. The minimum atomic E-state index is -0.564. The third-order valence-corrected chi connectivity index (χ3v) is 4.28. The molecular weight excluding hydrogens is 346 g/mol. The molecule has 3 rings (SSSR count). The van der Waals surface area contributed by atoms with E-state index in [9.17, 15) is 9.59 Å². The van der Waals surface area contributed by atoms with Crippen molar-refractivity contribution in [2.45, 2.75) is 13.8 Å². The number of benzene rings is 1. The summed E-state index contributed by atoms with van der Waals surface area (Å²) >= 11 is 6.11.